The minimum absolute atomic E-state index is 0.436. The zero-order chi connectivity index (χ0) is 15.3. The standard InChI is InChI=1S/C18H25ClO2/c1-2-3-4-5-6-7-8-9-10-15-21-17-13-11-16(12-14-17)18(19)20/h2,11-14H,1,3-10,15H2. The number of unbranched alkanes of at least 4 members (excludes halogenated alkanes) is 7. The maximum absolute atomic E-state index is 10.9. The Morgan fingerprint density at radius 2 is 1.57 bits per heavy atom. The monoisotopic (exact) mass is 308 g/mol. The van der Waals surface area contributed by atoms with Gasteiger partial charge in [-0.15, -0.1) is 6.58 Å². The van der Waals surface area contributed by atoms with Crippen molar-refractivity contribution >= 4 is 16.8 Å². The predicted molar refractivity (Wildman–Crippen MR) is 89.3 cm³/mol. The molecule has 0 amide bonds. The van der Waals surface area contributed by atoms with Crippen LogP contribution in [0.4, 0.5) is 0 Å². The molecular formula is C18H25ClO2. The summed E-state index contributed by atoms with van der Waals surface area (Å²) in [7, 11) is 0. The fraction of sp³-hybridized carbons (Fsp3) is 0.500. The van der Waals surface area contributed by atoms with Crippen LogP contribution >= 0.6 is 11.6 Å². The summed E-state index contributed by atoms with van der Waals surface area (Å²) in [5.74, 6) is 0.793. The number of benzene rings is 1. The van der Waals surface area contributed by atoms with Gasteiger partial charge < -0.3 is 4.74 Å². The van der Waals surface area contributed by atoms with Gasteiger partial charge in [-0.2, -0.15) is 0 Å². The molecule has 0 radical (unpaired) electrons. The molecule has 0 bridgehead atoms. The molecule has 0 aliphatic heterocycles. The van der Waals surface area contributed by atoms with Crippen LogP contribution in [0.2, 0.25) is 0 Å². The highest BCUT2D eigenvalue weighted by Crippen LogP contribution is 2.14. The number of carbonyl (C=O) groups excluding carboxylic acids is 1. The Morgan fingerprint density at radius 3 is 2.14 bits per heavy atom. The quantitative estimate of drug-likeness (QED) is 0.279. The molecule has 21 heavy (non-hydrogen) atoms. The molecule has 0 saturated carbocycles. The van der Waals surface area contributed by atoms with Crippen LogP contribution in [0.3, 0.4) is 0 Å². The molecule has 1 aromatic carbocycles. The van der Waals surface area contributed by atoms with Gasteiger partial charge in [0.1, 0.15) is 5.75 Å². The SMILES string of the molecule is C=CCCCCCCCCCOc1ccc(C(=O)Cl)cc1. The summed E-state index contributed by atoms with van der Waals surface area (Å²) in [6, 6.07) is 6.95. The smallest absolute Gasteiger partial charge is 0.252 e. The molecular weight excluding hydrogens is 284 g/mol. The van der Waals surface area contributed by atoms with Gasteiger partial charge in [-0.3, -0.25) is 4.79 Å². The molecule has 0 atom stereocenters. The van der Waals surface area contributed by atoms with E-state index in [1.165, 1.54) is 38.5 Å². The van der Waals surface area contributed by atoms with Crippen molar-refractivity contribution in [3.63, 3.8) is 0 Å². The Balaban J connectivity index is 1.99. The predicted octanol–water partition coefficient (Wildman–Crippen LogP) is 5.75. The van der Waals surface area contributed by atoms with E-state index in [1.807, 2.05) is 6.08 Å². The molecule has 0 aromatic heterocycles. The molecule has 0 aliphatic rings. The zero-order valence-electron chi connectivity index (χ0n) is 12.7. The normalized spacial score (nSPS) is 10.3. The number of carbonyl (C=O) groups is 1. The van der Waals surface area contributed by atoms with E-state index in [9.17, 15) is 4.79 Å². The highest BCUT2D eigenvalue weighted by molar-refractivity contribution is 6.67. The third kappa shape index (κ3) is 8.56. The first-order valence-electron chi connectivity index (χ1n) is 7.77. The molecule has 2 nitrogen and oxygen atoms in total. The summed E-state index contributed by atoms with van der Waals surface area (Å²) in [5.41, 5.74) is 0.500. The lowest BCUT2D eigenvalue weighted by Crippen LogP contribution is -1.98. The van der Waals surface area contributed by atoms with Crippen molar-refractivity contribution in [3.8, 4) is 5.75 Å². The largest absolute Gasteiger partial charge is 0.494 e. The van der Waals surface area contributed by atoms with Gasteiger partial charge in [-0.05, 0) is 55.1 Å². The first kappa shape index (κ1) is 17.8. The van der Waals surface area contributed by atoms with E-state index >= 15 is 0 Å². The van der Waals surface area contributed by atoms with E-state index in [0.29, 0.717) is 5.56 Å². The van der Waals surface area contributed by atoms with E-state index in [1.54, 1.807) is 24.3 Å². The van der Waals surface area contributed by atoms with E-state index in [4.69, 9.17) is 16.3 Å². The summed E-state index contributed by atoms with van der Waals surface area (Å²) < 4.78 is 5.63. The van der Waals surface area contributed by atoms with Crippen molar-refractivity contribution in [1.82, 2.24) is 0 Å². The summed E-state index contributed by atoms with van der Waals surface area (Å²) in [4.78, 5) is 10.9. The van der Waals surface area contributed by atoms with Gasteiger partial charge in [-0.25, -0.2) is 0 Å². The summed E-state index contributed by atoms with van der Waals surface area (Å²) in [6.07, 6.45) is 11.9. The Bertz CT molecular complexity index is 412. The molecule has 0 saturated heterocycles. The first-order chi connectivity index (χ1) is 10.2. The van der Waals surface area contributed by atoms with Gasteiger partial charge in [0.15, 0.2) is 0 Å². The van der Waals surface area contributed by atoms with Gasteiger partial charge in [0.05, 0.1) is 6.61 Å². The first-order valence-corrected chi connectivity index (χ1v) is 8.15. The van der Waals surface area contributed by atoms with Gasteiger partial charge in [0.2, 0.25) is 0 Å². The Labute approximate surface area is 133 Å². The molecule has 0 fully saturated rings. The van der Waals surface area contributed by atoms with Crippen LogP contribution in [-0.4, -0.2) is 11.8 Å². The van der Waals surface area contributed by atoms with E-state index in [-0.39, 0.29) is 0 Å². The number of halogens is 1. The average Bonchev–Trinajstić information content (AvgIpc) is 2.49. The average molecular weight is 309 g/mol. The maximum Gasteiger partial charge on any atom is 0.252 e. The van der Waals surface area contributed by atoms with Crippen LogP contribution in [-0.2, 0) is 0 Å². The minimum atomic E-state index is -0.436. The van der Waals surface area contributed by atoms with Crippen LogP contribution in [0.5, 0.6) is 5.75 Å². The number of ether oxygens (including phenoxy) is 1. The van der Waals surface area contributed by atoms with Crippen LogP contribution in [0.25, 0.3) is 0 Å². The van der Waals surface area contributed by atoms with Crippen LogP contribution in [0, 0.1) is 0 Å². The number of hydrogen-bond donors (Lipinski definition) is 0. The molecule has 3 heteroatoms. The fourth-order valence-corrected chi connectivity index (χ4v) is 2.27. The second kappa shape index (κ2) is 11.4. The van der Waals surface area contributed by atoms with Gasteiger partial charge >= 0.3 is 0 Å². The molecule has 1 aromatic rings. The lowest BCUT2D eigenvalue weighted by molar-refractivity contribution is 0.108. The number of hydrogen-bond acceptors (Lipinski definition) is 2. The summed E-state index contributed by atoms with van der Waals surface area (Å²) in [6.45, 7) is 4.46. The van der Waals surface area contributed by atoms with E-state index in [0.717, 1.165) is 25.2 Å². The highest BCUT2D eigenvalue weighted by Gasteiger charge is 2.01. The molecule has 0 N–H and O–H groups in total. The molecule has 0 aliphatic carbocycles. The highest BCUT2D eigenvalue weighted by atomic mass is 35.5. The van der Waals surface area contributed by atoms with Crippen LogP contribution < -0.4 is 4.74 Å². The molecule has 116 valence electrons. The van der Waals surface area contributed by atoms with Crippen molar-refractivity contribution in [2.45, 2.75) is 51.4 Å². The van der Waals surface area contributed by atoms with Crippen molar-refractivity contribution < 1.29 is 9.53 Å². The van der Waals surface area contributed by atoms with Crippen molar-refractivity contribution in [2.75, 3.05) is 6.61 Å². The number of allylic oxidation sites excluding steroid dienone is 1. The third-order valence-electron chi connectivity index (χ3n) is 3.40. The Hall–Kier alpha value is -1.28. The molecule has 0 unspecified atom stereocenters. The van der Waals surface area contributed by atoms with E-state index in [2.05, 4.69) is 6.58 Å². The molecule has 1 rings (SSSR count). The van der Waals surface area contributed by atoms with Crippen LogP contribution in [0.15, 0.2) is 36.9 Å². The van der Waals surface area contributed by atoms with Gasteiger partial charge in [0, 0.05) is 5.56 Å². The van der Waals surface area contributed by atoms with Crippen LogP contribution in [0.1, 0.15) is 61.7 Å². The molecule has 0 spiro atoms. The second-order valence-corrected chi connectivity index (χ2v) is 5.54. The number of rotatable bonds is 12. The lowest BCUT2D eigenvalue weighted by Gasteiger charge is -2.06. The Kier molecular flexibility index (Phi) is 9.64. The fourth-order valence-electron chi connectivity index (χ4n) is 2.15. The second-order valence-electron chi connectivity index (χ2n) is 5.20. The Morgan fingerprint density at radius 1 is 1.00 bits per heavy atom. The lowest BCUT2D eigenvalue weighted by atomic mass is 10.1. The van der Waals surface area contributed by atoms with Gasteiger partial charge in [-0.1, -0.05) is 38.2 Å². The maximum atomic E-state index is 10.9. The van der Waals surface area contributed by atoms with Gasteiger partial charge in [0.25, 0.3) is 5.24 Å². The topological polar surface area (TPSA) is 26.3 Å². The third-order valence-corrected chi connectivity index (χ3v) is 3.62. The van der Waals surface area contributed by atoms with Crippen molar-refractivity contribution in [2.24, 2.45) is 0 Å². The molecule has 0 heterocycles. The van der Waals surface area contributed by atoms with Crippen molar-refractivity contribution in [1.29, 1.82) is 0 Å². The summed E-state index contributed by atoms with van der Waals surface area (Å²) in [5, 5.41) is -0.436. The van der Waals surface area contributed by atoms with Crippen molar-refractivity contribution in [3.05, 3.63) is 42.5 Å². The summed E-state index contributed by atoms with van der Waals surface area (Å²) >= 11 is 5.39. The minimum Gasteiger partial charge on any atom is -0.494 e. The van der Waals surface area contributed by atoms with E-state index < -0.39 is 5.24 Å². The zero-order valence-corrected chi connectivity index (χ0v) is 13.4.